The van der Waals surface area contributed by atoms with Crippen LogP contribution in [0.3, 0.4) is 0 Å². The summed E-state index contributed by atoms with van der Waals surface area (Å²) in [7, 11) is 0. The van der Waals surface area contributed by atoms with Gasteiger partial charge in [0.05, 0.1) is 5.56 Å². The van der Waals surface area contributed by atoms with Crippen LogP contribution in [0.4, 0.5) is 0 Å². The zero-order valence-electron chi connectivity index (χ0n) is 9.81. The quantitative estimate of drug-likeness (QED) is 0.889. The van der Waals surface area contributed by atoms with Gasteiger partial charge in [0.1, 0.15) is 5.54 Å². The Morgan fingerprint density at radius 2 is 2.17 bits per heavy atom. The van der Waals surface area contributed by atoms with E-state index >= 15 is 0 Å². The number of rotatable bonds is 4. The molecular formula is C12H13BrN2O3. The Hall–Kier alpha value is -1.43. The average molecular weight is 313 g/mol. The molecule has 18 heavy (non-hydrogen) atoms. The monoisotopic (exact) mass is 312 g/mol. The van der Waals surface area contributed by atoms with Crippen LogP contribution in [0, 0.1) is 5.92 Å². The van der Waals surface area contributed by atoms with Gasteiger partial charge in [-0.2, -0.15) is 0 Å². The van der Waals surface area contributed by atoms with E-state index in [9.17, 15) is 14.7 Å². The zero-order valence-corrected chi connectivity index (χ0v) is 11.4. The topological polar surface area (TPSA) is 79.3 Å². The van der Waals surface area contributed by atoms with Gasteiger partial charge in [-0.1, -0.05) is 0 Å². The van der Waals surface area contributed by atoms with E-state index in [0.29, 0.717) is 10.0 Å². The molecule has 2 rings (SSSR count). The molecule has 1 fully saturated rings. The summed E-state index contributed by atoms with van der Waals surface area (Å²) in [5.74, 6) is -1.40. The molecule has 0 bridgehead atoms. The number of halogens is 1. The smallest absolute Gasteiger partial charge is 0.329 e. The number of carboxylic acid groups (broad SMARTS) is 1. The van der Waals surface area contributed by atoms with Crippen LogP contribution >= 0.6 is 15.9 Å². The predicted molar refractivity (Wildman–Crippen MR) is 68.2 cm³/mol. The van der Waals surface area contributed by atoms with Crippen LogP contribution in [0.5, 0.6) is 0 Å². The lowest BCUT2D eigenvalue weighted by molar-refractivity contribution is -0.144. The molecular weight excluding hydrogens is 300 g/mol. The van der Waals surface area contributed by atoms with Crippen molar-refractivity contribution in [3.8, 4) is 0 Å². The minimum absolute atomic E-state index is 0.0130. The molecule has 1 heterocycles. The number of nitrogens with one attached hydrogen (secondary N) is 1. The summed E-state index contributed by atoms with van der Waals surface area (Å²) in [6.07, 6.45) is 4.64. The molecule has 1 amide bonds. The van der Waals surface area contributed by atoms with Gasteiger partial charge in [0, 0.05) is 16.9 Å². The van der Waals surface area contributed by atoms with E-state index in [1.807, 2.05) is 0 Å². The van der Waals surface area contributed by atoms with E-state index in [-0.39, 0.29) is 5.92 Å². The van der Waals surface area contributed by atoms with E-state index < -0.39 is 17.4 Å². The van der Waals surface area contributed by atoms with Crippen LogP contribution in [0.25, 0.3) is 0 Å². The first kappa shape index (κ1) is 13.0. The molecule has 0 radical (unpaired) electrons. The van der Waals surface area contributed by atoms with Gasteiger partial charge in [-0.3, -0.25) is 9.78 Å². The molecule has 1 atom stereocenters. The van der Waals surface area contributed by atoms with Crippen molar-refractivity contribution in [2.75, 3.05) is 0 Å². The van der Waals surface area contributed by atoms with Gasteiger partial charge in [-0.15, -0.1) is 0 Å². The lowest BCUT2D eigenvalue weighted by Crippen LogP contribution is -2.54. The molecule has 0 aliphatic heterocycles. The predicted octanol–water partition coefficient (Wildman–Crippen LogP) is 1.83. The molecule has 5 nitrogen and oxygen atoms in total. The van der Waals surface area contributed by atoms with E-state index in [4.69, 9.17) is 0 Å². The molecule has 0 spiro atoms. The van der Waals surface area contributed by atoms with Gasteiger partial charge in [-0.25, -0.2) is 4.79 Å². The maximum atomic E-state index is 12.0. The van der Waals surface area contributed by atoms with Gasteiger partial charge in [-0.05, 0) is 47.7 Å². The minimum atomic E-state index is -1.20. The number of carbonyl (C=O) groups excluding carboxylic acids is 1. The molecule has 1 unspecified atom stereocenters. The number of pyridine rings is 1. The van der Waals surface area contributed by atoms with Crippen LogP contribution < -0.4 is 5.32 Å². The zero-order chi connectivity index (χ0) is 13.3. The second-order valence-electron chi connectivity index (χ2n) is 4.63. The van der Waals surface area contributed by atoms with E-state index in [1.54, 1.807) is 19.2 Å². The molecule has 0 saturated heterocycles. The number of nitrogens with zero attached hydrogens (tertiary/aromatic N) is 1. The molecule has 1 aromatic heterocycles. The van der Waals surface area contributed by atoms with Gasteiger partial charge < -0.3 is 10.4 Å². The summed E-state index contributed by atoms with van der Waals surface area (Å²) < 4.78 is 0.679. The Morgan fingerprint density at radius 1 is 1.50 bits per heavy atom. The second kappa shape index (κ2) is 4.68. The Bertz CT molecular complexity index is 502. The van der Waals surface area contributed by atoms with Crippen LogP contribution in [0.1, 0.15) is 30.1 Å². The van der Waals surface area contributed by atoms with Gasteiger partial charge in [0.15, 0.2) is 0 Å². The summed E-state index contributed by atoms with van der Waals surface area (Å²) in [5.41, 5.74) is -0.850. The highest BCUT2D eigenvalue weighted by Crippen LogP contribution is 2.39. The van der Waals surface area contributed by atoms with Crippen LogP contribution in [0.15, 0.2) is 22.9 Å². The van der Waals surface area contributed by atoms with Crippen molar-refractivity contribution >= 4 is 27.8 Å². The van der Waals surface area contributed by atoms with E-state index in [2.05, 4.69) is 26.2 Å². The second-order valence-corrected chi connectivity index (χ2v) is 5.54. The average Bonchev–Trinajstić information content (AvgIpc) is 3.12. The number of carbonyl (C=O) groups is 2. The molecule has 96 valence electrons. The highest BCUT2D eigenvalue weighted by molar-refractivity contribution is 9.10. The Balaban J connectivity index is 2.17. The molecule has 2 N–H and O–H groups in total. The minimum Gasteiger partial charge on any atom is -0.480 e. The molecule has 1 aliphatic carbocycles. The first-order valence-corrected chi connectivity index (χ1v) is 6.39. The fourth-order valence-corrected chi connectivity index (χ4v) is 2.20. The van der Waals surface area contributed by atoms with Crippen molar-refractivity contribution in [3.05, 3.63) is 28.5 Å². The largest absolute Gasteiger partial charge is 0.480 e. The summed E-state index contributed by atoms with van der Waals surface area (Å²) >= 11 is 3.22. The highest BCUT2D eigenvalue weighted by atomic mass is 79.9. The third kappa shape index (κ3) is 2.53. The lowest BCUT2D eigenvalue weighted by atomic mass is 9.95. The van der Waals surface area contributed by atoms with Crippen molar-refractivity contribution < 1.29 is 14.7 Å². The molecule has 0 aromatic carbocycles. The third-order valence-corrected chi connectivity index (χ3v) is 3.61. The Kier molecular flexibility index (Phi) is 3.38. The summed E-state index contributed by atoms with van der Waals surface area (Å²) in [4.78, 5) is 27.2. The van der Waals surface area contributed by atoms with Crippen molar-refractivity contribution in [2.24, 2.45) is 5.92 Å². The molecule has 1 aromatic rings. The van der Waals surface area contributed by atoms with Gasteiger partial charge >= 0.3 is 5.97 Å². The van der Waals surface area contributed by atoms with Crippen molar-refractivity contribution in [1.29, 1.82) is 0 Å². The fourth-order valence-electron chi connectivity index (χ4n) is 1.83. The summed E-state index contributed by atoms with van der Waals surface area (Å²) in [6, 6.07) is 1.61. The Morgan fingerprint density at radius 3 is 2.67 bits per heavy atom. The highest BCUT2D eigenvalue weighted by Gasteiger charge is 2.48. The van der Waals surface area contributed by atoms with E-state index in [1.165, 1.54) is 6.20 Å². The number of aromatic nitrogens is 1. The number of hydrogen-bond acceptors (Lipinski definition) is 3. The standard InChI is InChI=1S/C12H13BrN2O3/c1-12(11(17)18,8-2-3-8)15-10(16)7-4-9(13)6-14-5-7/h4-6,8H,2-3H2,1H3,(H,15,16)(H,17,18). The van der Waals surface area contributed by atoms with Crippen LogP contribution in [-0.2, 0) is 4.79 Å². The number of aliphatic carboxylic acids is 1. The van der Waals surface area contributed by atoms with Crippen molar-refractivity contribution in [1.82, 2.24) is 10.3 Å². The molecule has 1 aliphatic rings. The maximum Gasteiger partial charge on any atom is 0.329 e. The fraction of sp³-hybridized carbons (Fsp3) is 0.417. The summed E-state index contributed by atoms with van der Waals surface area (Å²) in [5, 5.41) is 11.9. The van der Waals surface area contributed by atoms with Crippen molar-refractivity contribution in [3.63, 3.8) is 0 Å². The van der Waals surface area contributed by atoms with Crippen LogP contribution in [0.2, 0.25) is 0 Å². The first-order valence-electron chi connectivity index (χ1n) is 5.60. The normalized spacial score (nSPS) is 17.9. The first-order chi connectivity index (χ1) is 8.43. The molecule has 1 saturated carbocycles. The van der Waals surface area contributed by atoms with Crippen molar-refractivity contribution in [2.45, 2.75) is 25.3 Å². The number of hydrogen-bond donors (Lipinski definition) is 2. The molecule has 6 heteroatoms. The Labute approximate surface area is 113 Å². The third-order valence-electron chi connectivity index (χ3n) is 3.18. The number of carboxylic acids is 1. The van der Waals surface area contributed by atoms with Crippen LogP contribution in [-0.4, -0.2) is 27.5 Å². The van der Waals surface area contributed by atoms with Gasteiger partial charge in [0.2, 0.25) is 0 Å². The lowest BCUT2D eigenvalue weighted by Gasteiger charge is -2.26. The van der Waals surface area contributed by atoms with E-state index in [0.717, 1.165) is 12.8 Å². The SMILES string of the molecule is CC(NC(=O)c1cncc(Br)c1)(C(=O)O)C1CC1. The maximum absolute atomic E-state index is 12.0. The van der Waals surface area contributed by atoms with Gasteiger partial charge in [0.25, 0.3) is 5.91 Å². The summed E-state index contributed by atoms with van der Waals surface area (Å²) in [6.45, 7) is 1.55. The number of amides is 1.